The molecule has 0 unspecified atom stereocenters. The molecule has 22 heavy (non-hydrogen) atoms. The van der Waals surface area contributed by atoms with Gasteiger partial charge in [0.25, 0.3) is 5.91 Å². The Bertz CT molecular complexity index is 706. The molecule has 114 valence electrons. The van der Waals surface area contributed by atoms with Crippen molar-refractivity contribution < 1.29 is 14.0 Å². The van der Waals surface area contributed by atoms with Crippen molar-refractivity contribution in [1.29, 1.82) is 0 Å². The van der Waals surface area contributed by atoms with Crippen molar-refractivity contribution in [3.8, 4) is 0 Å². The second-order valence-electron chi connectivity index (χ2n) is 4.64. The minimum absolute atomic E-state index is 0.0614. The van der Waals surface area contributed by atoms with Gasteiger partial charge >= 0.3 is 0 Å². The molecule has 2 aromatic rings. The van der Waals surface area contributed by atoms with Gasteiger partial charge in [0.1, 0.15) is 11.9 Å². The van der Waals surface area contributed by atoms with E-state index < -0.39 is 23.7 Å². The van der Waals surface area contributed by atoms with E-state index in [1.54, 1.807) is 30.3 Å². The molecule has 2 amide bonds. The number of hydrogen-bond donors (Lipinski definition) is 2. The van der Waals surface area contributed by atoms with Gasteiger partial charge in [-0.1, -0.05) is 35.9 Å². The minimum Gasteiger partial charge on any atom is -0.340 e. The van der Waals surface area contributed by atoms with Crippen LogP contribution in [0, 0.1) is 5.82 Å². The van der Waals surface area contributed by atoms with Gasteiger partial charge in [-0.2, -0.15) is 0 Å². The van der Waals surface area contributed by atoms with Crippen LogP contribution in [0.1, 0.15) is 17.3 Å². The lowest BCUT2D eigenvalue weighted by Crippen LogP contribution is -2.41. The number of benzene rings is 2. The first-order chi connectivity index (χ1) is 10.5. The van der Waals surface area contributed by atoms with Crippen molar-refractivity contribution in [2.24, 2.45) is 0 Å². The number of nitrogens with one attached hydrogen (secondary N) is 2. The number of carbonyl (C=O) groups excluding carboxylic acids is 2. The van der Waals surface area contributed by atoms with E-state index in [-0.39, 0.29) is 11.3 Å². The molecule has 0 aromatic heterocycles. The first kappa shape index (κ1) is 16.0. The number of amides is 2. The highest BCUT2D eigenvalue weighted by Crippen LogP contribution is 2.15. The average Bonchev–Trinajstić information content (AvgIpc) is 2.49. The molecule has 0 heterocycles. The highest BCUT2D eigenvalue weighted by Gasteiger charge is 2.18. The SMILES string of the molecule is C[C@H](NC(=O)c1ccccc1Cl)C(=O)Nc1ccccc1F. The molecule has 6 heteroatoms. The van der Waals surface area contributed by atoms with Crippen molar-refractivity contribution in [1.82, 2.24) is 5.32 Å². The number of para-hydroxylation sites is 1. The summed E-state index contributed by atoms with van der Waals surface area (Å²) >= 11 is 5.92. The fraction of sp³-hybridized carbons (Fsp3) is 0.125. The lowest BCUT2D eigenvalue weighted by Gasteiger charge is -2.15. The first-order valence-electron chi connectivity index (χ1n) is 6.60. The van der Waals surface area contributed by atoms with Crippen LogP contribution in [0.15, 0.2) is 48.5 Å². The van der Waals surface area contributed by atoms with Crippen molar-refractivity contribution in [2.75, 3.05) is 5.32 Å². The number of carbonyl (C=O) groups is 2. The van der Waals surface area contributed by atoms with Gasteiger partial charge in [0.05, 0.1) is 16.3 Å². The summed E-state index contributed by atoms with van der Waals surface area (Å²) in [6.07, 6.45) is 0. The monoisotopic (exact) mass is 320 g/mol. The first-order valence-corrected chi connectivity index (χ1v) is 6.97. The molecule has 2 aromatic carbocycles. The van der Waals surface area contributed by atoms with Crippen molar-refractivity contribution >= 4 is 29.1 Å². The van der Waals surface area contributed by atoms with Crippen LogP contribution in [0.2, 0.25) is 5.02 Å². The molecular formula is C16H14ClFN2O2. The number of hydrogen-bond acceptors (Lipinski definition) is 2. The Morgan fingerprint density at radius 1 is 1.09 bits per heavy atom. The molecule has 4 nitrogen and oxygen atoms in total. The molecule has 0 aliphatic rings. The summed E-state index contributed by atoms with van der Waals surface area (Å²) in [5.41, 5.74) is 0.334. The molecule has 0 spiro atoms. The molecule has 2 N–H and O–H groups in total. The summed E-state index contributed by atoms with van der Waals surface area (Å²) in [6.45, 7) is 1.50. The third kappa shape index (κ3) is 3.83. The molecular weight excluding hydrogens is 307 g/mol. The van der Waals surface area contributed by atoms with Crippen LogP contribution in [0.5, 0.6) is 0 Å². The van der Waals surface area contributed by atoms with Gasteiger partial charge in [-0.3, -0.25) is 9.59 Å². The highest BCUT2D eigenvalue weighted by atomic mass is 35.5. The van der Waals surface area contributed by atoms with E-state index in [2.05, 4.69) is 10.6 Å². The number of anilines is 1. The Morgan fingerprint density at radius 3 is 2.41 bits per heavy atom. The van der Waals surface area contributed by atoms with Crippen LogP contribution < -0.4 is 10.6 Å². The standard InChI is InChI=1S/C16H14ClFN2O2/c1-10(15(21)20-14-9-5-4-8-13(14)18)19-16(22)11-6-2-3-7-12(11)17/h2-10H,1H3,(H,19,22)(H,20,21)/t10-/m0/s1. The smallest absolute Gasteiger partial charge is 0.253 e. The fourth-order valence-corrected chi connectivity index (χ4v) is 2.01. The van der Waals surface area contributed by atoms with E-state index in [1.165, 1.54) is 25.1 Å². The summed E-state index contributed by atoms with van der Waals surface area (Å²) in [6, 6.07) is 11.5. The van der Waals surface area contributed by atoms with E-state index in [4.69, 9.17) is 11.6 Å². The van der Waals surface area contributed by atoms with Gasteiger partial charge in [0, 0.05) is 0 Å². The predicted molar refractivity (Wildman–Crippen MR) is 83.4 cm³/mol. The predicted octanol–water partition coefficient (Wildman–Crippen LogP) is 3.24. The Balaban J connectivity index is 2.01. The zero-order valence-electron chi connectivity index (χ0n) is 11.8. The van der Waals surface area contributed by atoms with Crippen molar-refractivity contribution in [3.63, 3.8) is 0 Å². The van der Waals surface area contributed by atoms with Gasteiger partial charge < -0.3 is 10.6 Å². The van der Waals surface area contributed by atoms with E-state index >= 15 is 0 Å². The van der Waals surface area contributed by atoms with Crippen molar-refractivity contribution in [2.45, 2.75) is 13.0 Å². The molecule has 0 bridgehead atoms. The minimum atomic E-state index is -0.844. The van der Waals surface area contributed by atoms with Crippen LogP contribution in [-0.4, -0.2) is 17.9 Å². The van der Waals surface area contributed by atoms with E-state index in [1.807, 2.05) is 0 Å². The molecule has 0 radical (unpaired) electrons. The molecule has 1 atom stereocenters. The van der Waals surface area contributed by atoms with E-state index in [9.17, 15) is 14.0 Å². The lowest BCUT2D eigenvalue weighted by atomic mass is 10.2. The average molecular weight is 321 g/mol. The normalized spacial score (nSPS) is 11.6. The van der Waals surface area contributed by atoms with Crippen molar-refractivity contribution in [3.05, 3.63) is 64.9 Å². The summed E-state index contributed by atoms with van der Waals surface area (Å²) in [5.74, 6) is -1.53. The maximum atomic E-state index is 13.5. The molecule has 0 aliphatic heterocycles. The summed E-state index contributed by atoms with van der Waals surface area (Å²) < 4.78 is 13.5. The second kappa shape index (κ2) is 7.04. The quantitative estimate of drug-likeness (QED) is 0.908. The second-order valence-corrected chi connectivity index (χ2v) is 5.05. The molecule has 2 rings (SSSR count). The maximum Gasteiger partial charge on any atom is 0.253 e. The summed E-state index contributed by atoms with van der Waals surface area (Å²) in [4.78, 5) is 24.0. The van der Waals surface area contributed by atoms with Crippen LogP contribution in [-0.2, 0) is 4.79 Å². The van der Waals surface area contributed by atoms with Gasteiger partial charge in [-0.05, 0) is 31.2 Å². The highest BCUT2D eigenvalue weighted by molar-refractivity contribution is 6.33. The molecule has 0 saturated carbocycles. The zero-order chi connectivity index (χ0) is 16.1. The van der Waals surface area contributed by atoms with Gasteiger partial charge in [-0.15, -0.1) is 0 Å². The largest absolute Gasteiger partial charge is 0.340 e. The molecule has 0 aliphatic carbocycles. The summed E-state index contributed by atoms with van der Waals surface area (Å²) in [5, 5.41) is 5.23. The third-order valence-corrected chi connectivity index (χ3v) is 3.32. The zero-order valence-corrected chi connectivity index (χ0v) is 12.5. The van der Waals surface area contributed by atoms with Crippen LogP contribution in [0.25, 0.3) is 0 Å². The number of rotatable bonds is 4. The molecule has 0 saturated heterocycles. The maximum absolute atomic E-state index is 13.5. The topological polar surface area (TPSA) is 58.2 Å². The van der Waals surface area contributed by atoms with Gasteiger partial charge in [0.15, 0.2) is 0 Å². The summed E-state index contributed by atoms with van der Waals surface area (Å²) in [7, 11) is 0. The number of halogens is 2. The van der Waals surface area contributed by atoms with Gasteiger partial charge in [0.2, 0.25) is 5.91 Å². The Labute approximate surface area is 132 Å². The Hall–Kier alpha value is -2.40. The molecule has 0 fully saturated rings. The third-order valence-electron chi connectivity index (χ3n) is 2.99. The lowest BCUT2D eigenvalue weighted by molar-refractivity contribution is -0.117. The van der Waals surface area contributed by atoms with Crippen LogP contribution in [0.4, 0.5) is 10.1 Å². The van der Waals surface area contributed by atoms with E-state index in [0.717, 1.165) is 0 Å². The fourth-order valence-electron chi connectivity index (χ4n) is 1.79. The van der Waals surface area contributed by atoms with Gasteiger partial charge in [-0.25, -0.2) is 4.39 Å². The Morgan fingerprint density at radius 2 is 1.73 bits per heavy atom. The Kier molecular flexibility index (Phi) is 5.12. The van der Waals surface area contributed by atoms with Crippen LogP contribution >= 0.6 is 11.6 Å². The van der Waals surface area contributed by atoms with Crippen LogP contribution in [0.3, 0.4) is 0 Å². The van der Waals surface area contributed by atoms with E-state index in [0.29, 0.717) is 5.02 Å².